The molecule has 0 spiro atoms. The van der Waals surface area contributed by atoms with Gasteiger partial charge >= 0.3 is 0 Å². The van der Waals surface area contributed by atoms with E-state index >= 15 is 0 Å². The van der Waals surface area contributed by atoms with Crippen LogP contribution in [-0.4, -0.2) is 10.2 Å². The third-order valence-corrected chi connectivity index (χ3v) is 1.62. The van der Waals surface area contributed by atoms with Crippen LogP contribution in [0.2, 0.25) is 0 Å². The van der Waals surface area contributed by atoms with Crippen molar-refractivity contribution in [1.29, 1.82) is 0 Å². The molecule has 1 aromatic rings. The van der Waals surface area contributed by atoms with E-state index in [1.807, 2.05) is 0 Å². The Morgan fingerprint density at radius 2 is 1.46 bits per heavy atom. The number of phenols is 1. The first-order valence-corrected chi connectivity index (χ1v) is 4.63. The Balaban J connectivity index is 0.000000310. The molecule has 0 aliphatic heterocycles. The van der Waals surface area contributed by atoms with E-state index < -0.39 is 0 Å². The van der Waals surface area contributed by atoms with Crippen LogP contribution in [0.15, 0.2) is 24.3 Å². The highest BCUT2D eigenvalue weighted by molar-refractivity contribution is 5.25. The summed E-state index contributed by atoms with van der Waals surface area (Å²) in [5.74, 6) is 0.229. The third kappa shape index (κ3) is 6.17. The summed E-state index contributed by atoms with van der Waals surface area (Å²) < 4.78 is 0. The van der Waals surface area contributed by atoms with Gasteiger partial charge in [0, 0.05) is 0 Å². The van der Waals surface area contributed by atoms with Gasteiger partial charge in [0.15, 0.2) is 0 Å². The molecule has 0 saturated carbocycles. The van der Waals surface area contributed by atoms with Crippen LogP contribution in [0.4, 0.5) is 0 Å². The van der Waals surface area contributed by atoms with Crippen LogP contribution in [-0.2, 0) is 6.61 Å². The average molecular weight is 182 g/mol. The van der Waals surface area contributed by atoms with Crippen molar-refractivity contribution in [1.82, 2.24) is 0 Å². The summed E-state index contributed by atoms with van der Waals surface area (Å²) in [6, 6.07) is 6.45. The van der Waals surface area contributed by atoms with Gasteiger partial charge in [0.05, 0.1) is 6.61 Å². The number of hydrogen-bond acceptors (Lipinski definition) is 2. The van der Waals surface area contributed by atoms with Crippen LogP contribution in [0.25, 0.3) is 0 Å². The summed E-state index contributed by atoms with van der Waals surface area (Å²) in [6.45, 7) is 4.39. The lowest BCUT2D eigenvalue weighted by atomic mass is 10.2. The number of benzene rings is 1. The average Bonchev–Trinajstić information content (AvgIpc) is 2.19. The molecule has 0 atom stereocenters. The first-order chi connectivity index (χ1) is 6.24. The van der Waals surface area contributed by atoms with Crippen molar-refractivity contribution in [2.45, 2.75) is 33.3 Å². The third-order valence-electron chi connectivity index (χ3n) is 1.62. The van der Waals surface area contributed by atoms with Crippen molar-refractivity contribution in [3.63, 3.8) is 0 Å². The van der Waals surface area contributed by atoms with Crippen LogP contribution in [0.1, 0.15) is 32.3 Å². The van der Waals surface area contributed by atoms with Crippen molar-refractivity contribution >= 4 is 0 Å². The minimum atomic E-state index is 0.0281. The quantitative estimate of drug-likeness (QED) is 0.738. The maximum Gasteiger partial charge on any atom is 0.115 e. The summed E-state index contributed by atoms with van der Waals surface area (Å²) in [5, 5.41) is 17.3. The summed E-state index contributed by atoms with van der Waals surface area (Å²) >= 11 is 0. The predicted octanol–water partition coefficient (Wildman–Crippen LogP) is 2.69. The maximum atomic E-state index is 8.77. The highest BCUT2D eigenvalue weighted by atomic mass is 16.3. The molecular weight excluding hydrogens is 164 g/mol. The number of aliphatic hydroxyl groups excluding tert-OH is 1. The largest absolute Gasteiger partial charge is 0.508 e. The van der Waals surface area contributed by atoms with Gasteiger partial charge in [-0.3, -0.25) is 0 Å². The van der Waals surface area contributed by atoms with Crippen LogP contribution < -0.4 is 0 Å². The van der Waals surface area contributed by atoms with E-state index in [0.717, 1.165) is 5.56 Å². The van der Waals surface area contributed by atoms with E-state index in [1.165, 1.54) is 12.8 Å². The fourth-order valence-corrected chi connectivity index (χ4v) is 0.601. The normalized spacial score (nSPS) is 8.85. The molecule has 0 bridgehead atoms. The van der Waals surface area contributed by atoms with Gasteiger partial charge in [0.25, 0.3) is 0 Å². The van der Waals surface area contributed by atoms with Gasteiger partial charge in [0.2, 0.25) is 0 Å². The molecular formula is C11H18O2. The van der Waals surface area contributed by atoms with Crippen LogP contribution in [0.3, 0.4) is 0 Å². The lowest BCUT2D eigenvalue weighted by Crippen LogP contribution is -1.78. The summed E-state index contributed by atoms with van der Waals surface area (Å²) in [5.41, 5.74) is 0.813. The Hall–Kier alpha value is -1.02. The maximum absolute atomic E-state index is 8.77. The monoisotopic (exact) mass is 182 g/mol. The molecule has 13 heavy (non-hydrogen) atoms. The predicted molar refractivity (Wildman–Crippen MR) is 54.6 cm³/mol. The van der Waals surface area contributed by atoms with Gasteiger partial charge in [-0.1, -0.05) is 38.8 Å². The molecule has 0 fully saturated rings. The smallest absolute Gasteiger partial charge is 0.115 e. The lowest BCUT2D eigenvalue weighted by molar-refractivity contribution is 0.281. The second-order valence-electron chi connectivity index (χ2n) is 2.82. The first kappa shape index (κ1) is 12.0. The van der Waals surface area contributed by atoms with Crippen molar-refractivity contribution in [3.05, 3.63) is 29.8 Å². The fraction of sp³-hybridized carbons (Fsp3) is 0.455. The fourth-order valence-electron chi connectivity index (χ4n) is 0.601. The van der Waals surface area contributed by atoms with Gasteiger partial charge < -0.3 is 10.2 Å². The number of rotatable bonds is 2. The standard InChI is InChI=1S/C7H8O2.C4H10/c8-5-6-1-3-7(9)4-2-6;1-3-4-2/h1-4,8-9H,5H2;3-4H2,1-2H3. The Bertz CT molecular complexity index is 202. The zero-order valence-electron chi connectivity index (χ0n) is 8.33. The molecule has 0 unspecified atom stereocenters. The topological polar surface area (TPSA) is 40.5 Å². The number of hydrogen-bond donors (Lipinski definition) is 2. The molecule has 1 rings (SSSR count). The Labute approximate surface area is 79.9 Å². The summed E-state index contributed by atoms with van der Waals surface area (Å²) in [4.78, 5) is 0. The van der Waals surface area contributed by atoms with E-state index in [0.29, 0.717) is 0 Å². The number of unbranched alkanes of at least 4 members (excludes halogenated alkanes) is 1. The van der Waals surface area contributed by atoms with E-state index in [4.69, 9.17) is 10.2 Å². The molecule has 2 nitrogen and oxygen atoms in total. The summed E-state index contributed by atoms with van der Waals surface area (Å²) in [6.07, 6.45) is 2.64. The molecule has 0 saturated heterocycles. The van der Waals surface area contributed by atoms with Crippen LogP contribution in [0.5, 0.6) is 5.75 Å². The molecule has 0 aliphatic carbocycles. The number of aromatic hydroxyl groups is 1. The number of phenolic OH excluding ortho intramolecular Hbond substituents is 1. The van der Waals surface area contributed by atoms with Crippen molar-refractivity contribution in [2.75, 3.05) is 0 Å². The second-order valence-corrected chi connectivity index (χ2v) is 2.82. The van der Waals surface area contributed by atoms with Crippen molar-refractivity contribution in [2.24, 2.45) is 0 Å². The lowest BCUT2D eigenvalue weighted by Gasteiger charge is -1.93. The van der Waals surface area contributed by atoms with Gasteiger partial charge in [0.1, 0.15) is 5.75 Å². The molecule has 1 aromatic carbocycles. The van der Waals surface area contributed by atoms with E-state index in [9.17, 15) is 0 Å². The molecule has 0 heterocycles. The minimum Gasteiger partial charge on any atom is -0.508 e. The zero-order chi connectivity index (χ0) is 10.1. The number of aliphatic hydroxyl groups is 1. The van der Waals surface area contributed by atoms with Gasteiger partial charge in [-0.2, -0.15) is 0 Å². The Morgan fingerprint density at radius 3 is 1.77 bits per heavy atom. The highest BCUT2D eigenvalue weighted by Gasteiger charge is 1.87. The van der Waals surface area contributed by atoms with Gasteiger partial charge in [-0.15, -0.1) is 0 Å². The zero-order valence-corrected chi connectivity index (χ0v) is 8.33. The Morgan fingerprint density at radius 1 is 1.00 bits per heavy atom. The molecule has 2 heteroatoms. The highest BCUT2D eigenvalue weighted by Crippen LogP contribution is 2.08. The van der Waals surface area contributed by atoms with Crippen LogP contribution >= 0.6 is 0 Å². The van der Waals surface area contributed by atoms with Crippen molar-refractivity contribution in [3.8, 4) is 5.75 Å². The SMILES string of the molecule is CCCC.OCc1ccc(O)cc1. The van der Waals surface area contributed by atoms with E-state index in [1.54, 1.807) is 24.3 Å². The van der Waals surface area contributed by atoms with Crippen molar-refractivity contribution < 1.29 is 10.2 Å². The molecule has 0 amide bonds. The molecule has 0 aromatic heterocycles. The summed E-state index contributed by atoms with van der Waals surface area (Å²) in [7, 11) is 0. The molecule has 0 aliphatic rings. The van der Waals surface area contributed by atoms with E-state index in [2.05, 4.69) is 13.8 Å². The van der Waals surface area contributed by atoms with Gasteiger partial charge in [-0.25, -0.2) is 0 Å². The molecule has 0 radical (unpaired) electrons. The van der Waals surface area contributed by atoms with Crippen LogP contribution in [0, 0.1) is 0 Å². The second kappa shape index (κ2) is 7.62. The first-order valence-electron chi connectivity index (χ1n) is 4.63. The van der Waals surface area contributed by atoms with Gasteiger partial charge in [-0.05, 0) is 17.7 Å². The minimum absolute atomic E-state index is 0.0281. The Kier molecular flexibility index (Phi) is 7.02. The van der Waals surface area contributed by atoms with E-state index in [-0.39, 0.29) is 12.4 Å². The molecule has 74 valence electrons. The molecule has 2 N–H and O–H groups in total.